The van der Waals surface area contributed by atoms with Gasteiger partial charge in [-0.2, -0.15) is 4.98 Å². The lowest BCUT2D eigenvalue weighted by atomic mass is 10.2. The fourth-order valence-electron chi connectivity index (χ4n) is 3.35. The number of anilines is 1. The highest BCUT2D eigenvalue weighted by molar-refractivity contribution is 6.04. The first-order valence-corrected chi connectivity index (χ1v) is 11.1. The number of aromatic nitrogens is 3. The monoisotopic (exact) mass is 476 g/mol. The predicted molar refractivity (Wildman–Crippen MR) is 130 cm³/mol. The number of rotatable bonds is 10. The van der Waals surface area contributed by atoms with E-state index in [2.05, 4.69) is 15.4 Å². The molecule has 0 saturated heterocycles. The molecule has 0 unspecified atom stereocenters. The molecular formula is C26H25FN4O4. The number of hydrogen-bond donors (Lipinski definition) is 1. The number of ether oxygens (including phenoxy) is 3. The molecule has 8 nitrogen and oxygen atoms in total. The average Bonchev–Trinajstić information content (AvgIpc) is 3.31. The summed E-state index contributed by atoms with van der Waals surface area (Å²) in [7, 11) is 1.60. The highest BCUT2D eigenvalue weighted by atomic mass is 19.1. The van der Waals surface area contributed by atoms with Gasteiger partial charge < -0.3 is 19.5 Å². The first-order chi connectivity index (χ1) is 17.1. The van der Waals surface area contributed by atoms with Crippen LogP contribution in [0.4, 0.5) is 10.1 Å². The standard InChI is InChI=1S/C26H25FN4O4/c1-3-34-15-16-35-26-29-24(18-7-6-8-21(17-18)33-2)31(30-26)20-13-11-19(12-14-20)28-25(32)22-9-4-5-10-23(22)27/h4-14,17H,3,15-16H2,1-2H3,(H,28,32). The maximum atomic E-state index is 13.9. The number of halogens is 1. The van der Waals surface area contributed by atoms with Crippen molar-refractivity contribution in [1.29, 1.82) is 0 Å². The zero-order valence-corrected chi connectivity index (χ0v) is 19.4. The SMILES string of the molecule is CCOCCOc1nc(-c2cccc(OC)c2)n(-c2ccc(NC(=O)c3ccccc3F)cc2)n1. The molecule has 9 heteroatoms. The molecule has 0 saturated carbocycles. The van der Waals surface area contributed by atoms with Crippen LogP contribution in [-0.2, 0) is 4.74 Å². The Morgan fingerprint density at radius 3 is 2.57 bits per heavy atom. The Bertz CT molecular complexity index is 1290. The minimum Gasteiger partial charge on any atom is -0.497 e. The fraction of sp³-hybridized carbons (Fsp3) is 0.192. The van der Waals surface area contributed by atoms with Crippen LogP contribution >= 0.6 is 0 Å². The van der Waals surface area contributed by atoms with Gasteiger partial charge in [-0.15, -0.1) is 5.10 Å². The smallest absolute Gasteiger partial charge is 0.336 e. The van der Waals surface area contributed by atoms with Gasteiger partial charge >= 0.3 is 6.01 Å². The van der Waals surface area contributed by atoms with Crippen LogP contribution in [0, 0.1) is 5.82 Å². The number of carbonyl (C=O) groups excluding carboxylic acids is 1. The number of carbonyl (C=O) groups is 1. The lowest BCUT2D eigenvalue weighted by Crippen LogP contribution is -2.13. The van der Waals surface area contributed by atoms with E-state index in [1.54, 1.807) is 42.1 Å². The Morgan fingerprint density at radius 1 is 1.03 bits per heavy atom. The number of nitrogens with zero attached hydrogens (tertiary/aromatic N) is 3. The average molecular weight is 477 g/mol. The molecule has 0 atom stereocenters. The van der Waals surface area contributed by atoms with E-state index >= 15 is 0 Å². The summed E-state index contributed by atoms with van der Waals surface area (Å²) in [4.78, 5) is 17.0. The first-order valence-electron chi connectivity index (χ1n) is 11.1. The molecule has 0 spiro atoms. The summed E-state index contributed by atoms with van der Waals surface area (Å²) < 4.78 is 31.9. The molecule has 0 aliphatic rings. The molecule has 4 rings (SSSR count). The Morgan fingerprint density at radius 2 is 1.83 bits per heavy atom. The number of hydrogen-bond acceptors (Lipinski definition) is 6. The summed E-state index contributed by atoms with van der Waals surface area (Å²) in [5.74, 6) is 0.128. The second-order valence-electron chi connectivity index (χ2n) is 7.39. The molecule has 1 aromatic heterocycles. The minimum atomic E-state index is -0.580. The summed E-state index contributed by atoms with van der Waals surface area (Å²) in [6, 6.07) is 20.5. The van der Waals surface area contributed by atoms with Gasteiger partial charge in [0.2, 0.25) is 0 Å². The van der Waals surface area contributed by atoms with Crippen molar-refractivity contribution < 1.29 is 23.4 Å². The Balaban J connectivity index is 1.60. The lowest BCUT2D eigenvalue weighted by molar-refractivity contribution is 0.102. The number of nitrogens with one attached hydrogen (secondary N) is 1. The van der Waals surface area contributed by atoms with Crippen LogP contribution in [0.2, 0.25) is 0 Å². The maximum Gasteiger partial charge on any atom is 0.336 e. The topological polar surface area (TPSA) is 87.5 Å². The van der Waals surface area contributed by atoms with Crippen LogP contribution in [-0.4, -0.2) is 47.6 Å². The third-order valence-corrected chi connectivity index (χ3v) is 5.07. The van der Waals surface area contributed by atoms with Gasteiger partial charge in [-0.05, 0) is 55.5 Å². The summed E-state index contributed by atoms with van der Waals surface area (Å²) >= 11 is 0. The minimum absolute atomic E-state index is 0.0259. The van der Waals surface area contributed by atoms with Crippen molar-refractivity contribution in [3.8, 4) is 28.8 Å². The molecule has 0 fully saturated rings. The normalized spacial score (nSPS) is 10.7. The predicted octanol–water partition coefficient (Wildman–Crippen LogP) is 4.75. The van der Waals surface area contributed by atoms with Gasteiger partial charge in [-0.1, -0.05) is 24.3 Å². The molecular weight excluding hydrogens is 451 g/mol. The van der Waals surface area contributed by atoms with Gasteiger partial charge in [-0.3, -0.25) is 4.79 Å². The van der Waals surface area contributed by atoms with Crippen molar-refractivity contribution in [2.75, 3.05) is 32.2 Å². The van der Waals surface area contributed by atoms with Crippen molar-refractivity contribution >= 4 is 11.6 Å². The van der Waals surface area contributed by atoms with Crippen LogP contribution in [0.25, 0.3) is 17.1 Å². The lowest BCUT2D eigenvalue weighted by Gasteiger charge is -2.09. The van der Waals surface area contributed by atoms with E-state index in [1.165, 1.54) is 18.2 Å². The highest BCUT2D eigenvalue weighted by Crippen LogP contribution is 2.27. The van der Waals surface area contributed by atoms with Gasteiger partial charge in [-0.25, -0.2) is 9.07 Å². The van der Waals surface area contributed by atoms with Crippen LogP contribution in [0.3, 0.4) is 0 Å². The molecule has 0 radical (unpaired) electrons. The largest absolute Gasteiger partial charge is 0.497 e. The molecule has 35 heavy (non-hydrogen) atoms. The van der Waals surface area contributed by atoms with Crippen LogP contribution in [0.15, 0.2) is 72.8 Å². The molecule has 1 heterocycles. The summed E-state index contributed by atoms with van der Waals surface area (Å²) in [5.41, 5.74) is 1.97. The van der Waals surface area contributed by atoms with Gasteiger partial charge in [0.25, 0.3) is 5.91 Å². The zero-order chi connectivity index (χ0) is 24.6. The third-order valence-electron chi connectivity index (χ3n) is 5.07. The van der Waals surface area contributed by atoms with Crippen molar-refractivity contribution in [3.63, 3.8) is 0 Å². The van der Waals surface area contributed by atoms with Crippen LogP contribution in [0.1, 0.15) is 17.3 Å². The molecule has 0 aliphatic carbocycles. The summed E-state index contributed by atoms with van der Waals surface area (Å²) in [6.45, 7) is 3.25. The Labute approximate surface area is 202 Å². The molecule has 180 valence electrons. The maximum absolute atomic E-state index is 13.9. The van der Waals surface area contributed by atoms with Gasteiger partial charge in [0.05, 0.1) is 25.0 Å². The Hall–Kier alpha value is -4.24. The highest BCUT2D eigenvalue weighted by Gasteiger charge is 2.16. The van der Waals surface area contributed by atoms with Gasteiger partial charge in [0.1, 0.15) is 18.2 Å². The van der Waals surface area contributed by atoms with Crippen molar-refractivity contribution in [1.82, 2.24) is 14.8 Å². The second kappa shape index (κ2) is 11.3. The van der Waals surface area contributed by atoms with E-state index in [-0.39, 0.29) is 11.6 Å². The quantitative estimate of drug-likeness (QED) is 0.333. The Kier molecular flexibility index (Phi) is 7.69. The molecule has 0 bridgehead atoms. The van der Waals surface area contributed by atoms with E-state index in [0.29, 0.717) is 42.8 Å². The van der Waals surface area contributed by atoms with E-state index in [9.17, 15) is 9.18 Å². The van der Waals surface area contributed by atoms with E-state index in [1.807, 2.05) is 31.2 Å². The number of benzene rings is 3. The first kappa shape index (κ1) is 23.9. The van der Waals surface area contributed by atoms with Crippen molar-refractivity contribution in [2.24, 2.45) is 0 Å². The van der Waals surface area contributed by atoms with Crippen molar-refractivity contribution in [3.05, 3.63) is 84.2 Å². The molecule has 3 aromatic carbocycles. The van der Waals surface area contributed by atoms with E-state index < -0.39 is 11.7 Å². The second-order valence-corrected chi connectivity index (χ2v) is 7.39. The van der Waals surface area contributed by atoms with Gasteiger partial charge in [0.15, 0.2) is 5.82 Å². The molecule has 1 amide bonds. The van der Waals surface area contributed by atoms with Crippen LogP contribution < -0.4 is 14.8 Å². The summed E-state index contributed by atoms with van der Waals surface area (Å²) in [6.07, 6.45) is 0. The van der Waals surface area contributed by atoms with E-state index in [0.717, 1.165) is 5.56 Å². The van der Waals surface area contributed by atoms with Crippen molar-refractivity contribution in [2.45, 2.75) is 6.92 Å². The molecule has 4 aromatic rings. The number of amides is 1. The van der Waals surface area contributed by atoms with E-state index in [4.69, 9.17) is 14.2 Å². The fourth-order valence-corrected chi connectivity index (χ4v) is 3.35. The molecule has 0 aliphatic heterocycles. The third kappa shape index (κ3) is 5.82. The number of methoxy groups -OCH3 is 1. The summed E-state index contributed by atoms with van der Waals surface area (Å²) in [5, 5.41) is 7.21. The van der Waals surface area contributed by atoms with Gasteiger partial charge in [0, 0.05) is 17.9 Å². The molecule has 1 N–H and O–H groups in total. The zero-order valence-electron chi connectivity index (χ0n) is 19.4. The van der Waals surface area contributed by atoms with Crippen LogP contribution in [0.5, 0.6) is 11.8 Å².